The molecule has 0 spiro atoms. The molecule has 0 bridgehead atoms. The predicted molar refractivity (Wildman–Crippen MR) is 99.2 cm³/mol. The van der Waals surface area contributed by atoms with Crippen molar-refractivity contribution in [2.24, 2.45) is 0 Å². The molecule has 0 aliphatic heterocycles. The lowest BCUT2D eigenvalue weighted by Crippen LogP contribution is -2.32. The second-order valence-corrected chi connectivity index (χ2v) is 5.94. The molecule has 8 nitrogen and oxygen atoms in total. The molecule has 0 atom stereocenters. The van der Waals surface area contributed by atoms with Crippen molar-refractivity contribution < 1.29 is 4.79 Å². The van der Waals surface area contributed by atoms with Crippen LogP contribution in [0.4, 0.5) is 0 Å². The van der Waals surface area contributed by atoms with Gasteiger partial charge in [0, 0.05) is 25.1 Å². The number of hydrogen-bond acceptors (Lipinski definition) is 5. The number of carbonyl (C=O) groups excluding carboxylic acids is 1. The first-order valence-corrected chi connectivity index (χ1v) is 8.36. The molecule has 0 aliphatic rings. The first-order valence-electron chi connectivity index (χ1n) is 8.36. The third-order valence-corrected chi connectivity index (χ3v) is 4.08. The van der Waals surface area contributed by atoms with Crippen LogP contribution in [0.15, 0.2) is 72.2 Å². The van der Waals surface area contributed by atoms with E-state index >= 15 is 0 Å². The Morgan fingerprint density at radius 3 is 2.81 bits per heavy atom. The summed E-state index contributed by atoms with van der Waals surface area (Å²) in [7, 11) is 0. The van der Waals surface area contributed by atoms with Crippen molar-refractivity contribution in [2.45, 2.75) is 13.1 Å². The zero-order valence-corrected chi connectivity index (χ0v) is 14.3. The fourth-order valence-corrected chi connectivity index (χ4v) is 2.73. The molecular formula is C19H16N6O2. The molecule has 1 amide bonds. The van der Waals surface area contributed by atoms with Crippen LogP contribution in [0.2, 0.25) is 0 Å². The standard InChI is InChI=1S/C19H16N6O2/c26-18(12-24-13-22-16-5-2-1-4-15(16)19(24)27)21-11-14-6-8-20-17(10-14)25-9-3-7-23-25/h1-10,13H,11-12H2,(H,21,26). The highest BCUT2D eigenvalue weighted by molar-refractivity contribution is 5.78. The molecule has 0 fully saturated rings. The highest BCUT2D eigenvalue weighted by Gasteiger charge is 2.08. The SMILES string of the molecule is O=C(Cn1cnc2ccccc2c1=O)NCc1ccnc(-n2cccn2)c1. The highest BCUT2D eigenvalue weighted by Crippen LogP contribution is 2.06. The number of amides is 1. The molecule has 4 aromatic rings. The van der Waals surface area contributed by atoms with Crippen molar-refractivity contribution >= 4 is 16.8 Å². The second-order valence-electron chi connectivity index (χ2n) is 5.94. The van der Waals surface area contributed by atoms with Crippen LogP contribution in [0, 0.1) is 0 Å². The lowest BCUT2D eigenvalue weighted by molar-refractivity contribution is -0.121. The number of aromatic nitrogens is 5. The van der Waals surface area contributed by atoms with E-state index in [0.29, 0.717) is 23.3 Å². The van der Waals surface area contributed by atoms with Crippen LogP contribution >= 0.6 is 0 Å². The zero-order valence-electron chi connectivity index (χ0n) is 14.3. The fourth-order valence-electron chi connectivity index (χ4n) is 2.73. The van der Waals surface area contributed by atoms with Gasteiger partial charge in [-0.2, -0.15) is 5.10 Å². The maximum atomic E-state index is 12.4. The Bertz CT molecular complexity index is 1150. The molecule has 3 heterocycles. The summed E-state index contributed by atoms with van der Waals surface area (Å²) in [4.78, 5) is 33.2. The number of benzene rings is 1. The van der Waals surface area contributed by atoms with Gasteiger partial charge in [-0.25, -0.2) is 14.6 Å². The topological polar surface area (TPSA) is 94.7 Å². The number of rotatable bonds is 5. The van der Waals surface area contributed by atoms with E-state index in [0.717, 1.165) is 5.56 Å². The molecule has 0 saturated heterocycles. The number of pyridine rings is 1. The minimum atomic E-state index is -0.272. The Morgan fingerprint density at radius 1 is 1.07 bits per heavy atom. The molecule has 0 saturated carbocycles. The maximum Gasteiger partial charge on any atom is 0.261 e. The summed E-state index contributed by atoms with van der Waals surface area (Å²) in [6.45, 7) is 0.235. The summed E-state index contributed by atoms with van der Waals surface area (Å²) in [5, 5.41) is 7.44. The van der Waals surface area contributed by atoms with Crippen molar-refractivity contribution in [3.05, 3.63) is 83.3 Å². The zero-order chi connectivity index (χ0) is 18.6. The molecule has 1 N–H and O–H groups in total. The van der Waals surface area contributed by atoms with E-state index in [-0.39, 0.29) is 18.0 Å². The van der Waals surface area contributed by atoms with Crippen molar-refractivity contribution in [2.75, 3.05) is 0 Å². The van der Waals surface area contributed by atoms with Gasteiger partial charge in [0.1, 0.15) is 6.54 Å². The van der Waals surface area contributed by atoms with Crippen molar-refractivity contribution in [3.63, 3.8) is 0 Å². The van der Waals surface area contributed by atoms with Crippen LogP contribution in [0.25, 0.3) is 16.7 Å². The third-order valence-electron chi connectivity index (χ3n) is 4.08. The summed E-state index contributed by atoms with van der Waals surface area (Å²) in [6, 6.07) is 12.5. The summed E-state index contributed by atoms with van der Waals surface area (Å²) < 4.78 is 2.95. The third kappa shape index (κ3) is 3.59. The fraction of sp³-hybridized carbons (Fsp3) is 0.105. The quantitative estimate of drug-likeness (QED) is 0.579. The van der Waals surface area contributed by atoms with Crippen molar-refractivity contribution in [3.8, 4) is 5.82 Å². The lowest BCUT2D eigenvalue weighted by Gasteiger charge is -2.09. The van der Waals surface area contributed by atoms with Crippen molar-refractivity contribution in [1.29, 1.82) is 0 Å². The minimum absolute atomic E-state index is 0.0895. The van der Waals surface area contributed by atoms with Gasteiger partial charge >= 0.3 is 0 Å². The molecular weight excluding hydrogens is 344 g/mol. The average molecular weight is 360 g/mol. The molecule has 4 rings (SSSR count). The Labute approximate surface area is 154 Å². The highest BCUT2D eigenvalue weighted by atomic mass is 16.2. The van der Waals surface area contributed by atoms with Gasteiger partial charge in [-0.05, 0) is 35.9 Å². The van der Waals surface area contributed by atoms with Crippen LogP contribution in [0.1, 0.15) is 5.56 Å². The Balaban J connectivity index is 1.44. The van der Waals surface area contributed by atoms with Crippen LogP contribution < -0.4 is 10.9 Å². The summed E-state index contributed by atoms with van der Waals surface area (Å²) in [6.07, 6.45) is 6.53. The van der Waals surface area contributed by atoms with Crippen LogP contribution in [0.5, 0.6) is 0 Å². The number of carbonyl (C=O) groups is 1. The van der Waals surface area contributed by atoms with Gasteiger partial charge < -0.3 is 5.32 Å². The van der Waals surface area contributed by atoms with Gasteiger partial charge in [0.25, 0.3) is 5.56 Å². The van der Waals surface area contributed by atoms with Gasteiger partial charge in [0.2, 0.25) is 5.91 Å². The predicted octanol–water partition coefficient (Wildman–Crippen LogP) is 1.29. The van der Waals surface area contributed by atoms with Gasteiger partial charge in [-0.3, -0.25) is 14.2 Å². The Kier molecular flexibility index (Phi) is 4.44. The number of hydrogen-bond donors (Lipinski definition) is 1. The van der Waals surface area contributed by atoms with E-state index in [4.69, 9.17) is 0 Å². The van der Waals surface area contributed by atoms with E-state index in [9.17, 15) is 9.59 Å². The lowest BCUT2D eigenvalue weighted by atomic mass is 10.2. The summed E-state index contributed by atoms with van der Waals surface area (Å²) in [5.74, 6) is 0.397. The number of nitrogens with zero attached hydrogens (tertiary/aromatic N) is 5. The molecule has 134 valence electrons. The Morgan fingerprint density at radius 2 is 1.96 bits per heavy atom. The summed E-state index contributed by atoms with van der Waals surface area (Å²) in [5.41, 5.74) is 1.26. The van der Waals surface area contributed by atoms with Crippen LogP contribution in [-0.4, -0.2) is 30.2 Å². The van der Waals surface area contributed by atoms with E-state index < -0.39 is 0 Å². The van der Waals surface area contributed by atoms with Gasteiger partial charge in [0.05, 0.1) is 17.2 Å². The van der Waals surface area contributed by atoms with Gasteiger partial charge in [-0.15, -0.1) is 0 Å². The minimum Gasteiger partial charge on any atom is -0.350 e. The maximum absolute atomic E-state index is 12.4. The van der Waals surface area contributed by atoms with Gasteiger partial charge in [-0.1, -0.05) is 12.1 Å². The smallest absolute Gasteiger partial charge is 0.261 e. The van der Waals surface area contributed by atoms with Gasteiger partial charge in [0.15, 0.2) is 5.82 Å². The normalized spacial score (nSPS) is 10.8. The molecule has 27 heavy (non-hydrogen) atoms. The van der Waals surface area contributed by atoms with Crippen molar-refractivity contribution in [1.82, 2.24) is 29.6 Å². The second kappa shape index (κ2) is 7.20. The largest absolute Gasteiger partial charge is 0.350 e. The monoisotopic (exact) mass is 360 g/mol. The molecule has 1 aromatic carbocycles. The first-order chi connectivity index (χ1) is 13.2. The molecule has 0 aliphatic carbocycles. The summed E-state index contributed by atoms with van der Waals surface area (Å²) >= 11 is 0. The van der Waals surface area contributed by atoms with Crippen LogP contribution in [0.3, 0.4) is 0 Å². The van der Waals surface area contributed by atoms with E-state index in [2.05, 4.69) is 20.4 Å². The Hall–Kier alpha value is -3.81. The average Bonchev–Trinajstić information content (AvgIpc) is 3.24. The van der Waals surface area contributed by atoms with Crippen LogP contribution in [-0.2, 0) is 17.9 Å². The number of fused-ring (bicyclic) bond motifs is 1. The molecule has 8 heteroatoms. The molecule has 0 unspecified atom stereocenters. The number of nitrogens with one attached hydrogen (secondary N) is 1. The van der Waals surface area contributed by atoms with E-state index in [1.165, 1.54) is 10.9 Å². The molecule has 3 aromatic heterocycles. The molecule has 0 radical (unpaired) electrons. The first kappa shape index (κ1) is 16.6. The van der Waals surface area contributed by atoms with E-state index in [1.54, 1.807) is 41.5 Å². The number of para-hydroxylation sites is 1. The van der Waals surface area contributed by atoms with E-state index in [1.807, 2.05) is 24.3 Å².